The number of aliphatic imine (C=N–C) groups is 1. The van der Waals surface area contributed by atoms with E-state index in [2.05, 4.69) is 41.8 Å². The topological polar surface area (TPSA) is 81.2 Å². The molecule has 1 aliphatic heterocycles. The Hall–Kier alpha value is -1.39. The summed E-state index contributed by atoms with van der Waals surface area (Å²) in [5.74, 6) is 0.821. The first-order valence-electron chi connectivity index (χ1n) is 12.2. The lowest BCUT2D eigenvalue weighted by atomic mass is 9.86. The normalized spacial score (nSPS) is 21.7. The molecule has 0 radical (unpaired) electrons. The SMILES string of the molecule is CCNC(=NCc1cccc(COC2CCOCC2)c1)NC1CCC(C(=O)OCC)CC1.I. The fourth-order valence-corrected chi connectivity index (χ4v) is 4.29. The van der Waals surface area contributed by atoms with Crippen molar-refractivity contribution in [2.24, 2.45) is 10.9 Å². The highest BCUT2D eigenvalue weighted by molar-refractivity contribution is 14.0. The third kappa shape index (κ3) is 9.78. The van der Waals surface area contributed by atoms with Gasteiger partial charge >= 0.3 is 5.97 Å². The summed E-state index contributed by atoms with van der Waals surface area (Å²) < 4.78 is 16.6. The molecule has 1 saturated heterocycles. The predicted molar refractivity (Wildman–Crippen MR) is 141 cm³/mol. The Balaban J connectivity index is 0.00000385. The first-order valence-corrected chi connectivity index (χ1v) is 12.2. The number of nitrogens with one attached hydrogen (secondary N) is 2. The predicted octanol–water partition coefficient (Wildman–Crippen LogP) is 4.18. The first kappa shape index (κ1) is 27.9. The summed E-state index contributed by atoms with van der Waals surface area (Å²) in [6, 6.07) is 8.80. The fourth-order valence-electron chi connectivity index (χ4n) is 4.29. The Bertz CT molecular complexity index is 732. The lowest BCUT2D eigenvalue weighted by molar-refractivity contribution is -0.149. The maximum absolute atomic E-state index is 12.0. The lowest BCUT2D eigenvalue weighted by Crippen LogP contribution is -2.45. The number of hydrogen-bond acceptors (Lipinski definition) is 5. The summed E-state index contributed by atoms with van der Waals surface area (Å²) in [4.78, 5) is 16.8. The zero-order chi connectivity index (χ0) is 22.6. The molecule has 1 aliphatic carbocycles. The Morgan fingerprint density at radius 3 is 2.52 bits per heavy atom. The Morgan fingerprint density at radius 1 is 1.09 bits per heavy atom. The van der Waals surface area contributed by atoms with Crippen molar-refractivity contribution in [1.82, 2.24) is 10.6 Å². The molecular formula is C25H40IN3O4. The molecule has 0 aromatic heterocycles. The van der Waals surface area contributed by atoms with Crippen molar-refractivity contribution in [3.63, 3.8) is 0 Å². The quantitative estimate of drug-likeness (QED) is 0.200. The third-order valence-electron chi connectivity index (χ3n) is 6.10. The zero-order valence-corrected chi connectivity index (χ0v) is 22.3. The molecule has 1 heterocycles. The Kier molecular flexibility index (Phi) is 13.1. The number of nitrogens with zero attached hydrogens (tertiary/aromatic N) is 1. The van der Waals surface area contributed by atoms with Crippen LogP contribution in [0.2, 0.25) is 0 Å². The Morgan fingerprint density at radius 2 is 1.82 bits per heavy atom. The summed E-state index contributed by atoms with van der Waals surface area (Å²) in [6.07, 6.45) is 5.89. The van der Waals surface area contributed by atoms with Crippen LogP contribution in [0.1, 0.15) is 63.5 Å². The van der Waals surface area contributed by atoms with Crippen LogP contribution in [-0.2, 0) is 32.2 Å². The van der Waals surface area contributed by atoms with E-state index in [0.717, 1.165) is 64.2 Å². The van der Waals surface area contributed by atoms with Gasteiger partial charge in [-0.05, 0) is 63.5 Å². The van der Waals surface area contributed by atoms with Crippen LogP contribution in [0.3, 0.4) is 0 Å². The van der Waals surface area contributed by atoms with Crippen LogP contribution in [0.5, 0.6) is 0 Å². The van der Waals surface area contributed by atoms with E-state index >= 15 is 0 Å². The average Bonchev–Trinajstić information content (AvgIpc) is 2.83. The number of hydrogen-bond donors (Lipinski definition) is 2. The molecule has 2 fully saturated rings. The largest absolute Gasteiger partial charge is 0.466 e. The van der Waals surface area contributed by atoms with E-state index in [9.17, 15) is 4.79 Å². The van der Waals surface area contributed by atoms with Crippen molar-refractivity contribution in [1.29, 1.82) is 0 Å². The molecule has 1 aromatic carbocycles. The number of guanidine groups is 1. The van der Waals surface area contributed by atoms with E-state index in [-0.39, 0.29) is 35.9 Å². The highest BCUT2D eigenvalue weighted by Gasteiger charge is 2.27. The van der Waals surface area contributed by atoms with Crippen molar-refractivity contribution in [3.8, 4) is 0 Å². The second kappa shape index (κ2) is 15.5. The number of esters is 1. The number of rotatable bonds is 9. The molecule has 0 amide bonds. The van der Waals surface area contributed by atoms with Crippen molar-refractivity contribution in [2.75, 3.05) is 26.4 Å². The second-order valence-corrected chi connectivity index (χ2v) is 8.58. The van der Waals surface area contributed by atoms with Crippen molar-refractivity contribution < 1.29 is 19.0 Å². The smallest absolute Gasteiger partial charge is 0.308 e. The second-order valence-electron chi connectivity index (χ2n) is 8.58. The molecule has 0 spiro atoms. The summed E-state index contributed by atoms with van der Waals surface area (Å²) >= 11 is 0. The molecule has 8 heteroatoms. The van der Waals surface area contributed by atoms with Crippen LogP contribution in [0.15, 0.2) is 29.3 Å². The minimum Gasteiger partial charge on any atom is -0.466 e. The molecule has 1 aromatic rings. The monoisotopic (exact) mass is 573 g/mol. The van der Waals surface area contributed by atoms with Gasteiger partial charge in [-0.15, -0.1) is 24.0 Å². The van der Waals surface area contributed by atoms with Crippen molar-refractivity contribution in [2.45, 2.75) is 77.7 Å². The van der Waals surface area contributed by atoms with Gasteiger partial charge in [0.1, 0.15) is 0 Å². The van der Waals surface area contributed by atoms with Gasteiger partial charge in [0.25, 0.3) is 0 Å². The van der Waals surface area contributed by atoms with Crippen molar-refractivity contribution >= 4 is 35.9 Å². The minimum atomic E-state index is -0.0489. The zero-order valence-electron chi connectivity index (χ0n) is 20.0. The van der Waals surface area contributed by atoms with E-state index < -0.39 is 0 Å². The van der Waals surface area contributed by atoms with E-state index in [4.69, 9.17) is 19.2 Å². The molecule has 33 heavy (non-hydrogen) atoms. The van der Waals surface area contributed by atoms with Gasteiger partial charge in [0.05, 0.1) is 31.8 Å². The number of halogens is 1. The Labute approximate surface area is 215 Å². The summed E-state index contributed by atoms with van der Waals surface area (Å²) in [5.41, 5.74) is 2.35. The summed E-state index contributed by atoms with van der Waals surface area (Å²) in [7, 11) is 0. The van der Waals surface area contributed by atoms with Gasteiger partial charge in [0.15, 0.2) is 5.96 Å². The van der Waals surface area contributed by atoms with Gasteiger partial charge in [0.2, 0.25) is 0 Å². The molecule has 2 N–H and O–H groups in total. The van der Waals surface area contributed by atoms with E-state index in [1.165, 1.54) is 11.1 Å². The number of carbonyl (C=O) groups is 1. The van der Waals surface area contributed by atoms with Crippen LogP contribution in [0, 0.1) is 5.92 Å². The van der Waals surface area contributed by atoms with Gasteiger partial charge in [0, 0.05) is 25.8 Å². The van der Waals surface area contributed by atoms with Crippen molar-refractivity contribution in [3.05, 3.63) is 35.4 Å². The van der Waals surface area contributed by atoms with Gasteiger partial charge < -0.3 is 24.8 Å². The number of benzene rings is 1. The maximum atomic E-state index is 12.0. The maximum Gasteiger partial charge on any atom is 0.308 e. The molecule has 7 nitrogen and oxygen atoms in total. The highest BCUT2D eigenvalue weighted by atomic mass is 127. The first-order chi connectivity index (χ1) is 15.7. The van der Waals surface area contributed by atoms with Crippen LogP contribution in [0.25, 0.3) is 0 Å². The standard InChI is InChI=1S/C25H39N3O4.HI/c1-3-26-25(28-22-10-8-21(9-11-22)24(29)31-4-2)27-17-19-6-5-7-20(16-19)18-32-23-12-14-30-15-13-23;/h5-7,16,21-23H,3-4,8-15,17-18H2,1-2H3,(H2,26,27,28);1H. The average molecular weight is 574 g/mol. The van der Waals surface area contributed by atoms with Gasteiger partial charge in [-0.25, -0.2) is 4.99 Å². The minimum absolute atomic E-state index is 0. The summed E-state index contributed by atoms with van der Waals surface area (Å²) in [6.45, 7) is 8.03. The summed E-state index contributed by atoms with van der Waals surface area (Å²) in [5, 5.41) is 6.90. The fraction of sp³-hybridized carbons (Fsp3) is 0.680. The molecule has 1 saturated carbocycles. The van der Waals surface area contributed by atoms with E-state index in [1.54, 1.807) is 0 Å². The van der Waals surface area contributed by atoms with Gasteiger partial charge in [-0.3, -0.25) is 4.79 Å². The molecule has 0 atom stereocenters. The molecular weight excluding hydrogens is 533 g/mol. The third-order valence-corrected chi connectivity index (χ3v) is 6.10. The van der Waals surface area contributed by atoms with Crippen LogP contribution in [0.4, 0.5) is 0 Å². The van der Waals surface area contributed by atoms with E-state index in [1.807, 2.05) is 6.92 Å². The molecule has 186 valence electrons. The molecule has 3 rings (SSSR count). The van der Waals surface area contributed by atoms with Crippen LogP contribution in [-0.4, -0.2) is 50.4 Å². The molecule has 2 aliphatic rings. The molecule has 0 unspecified atom stereocenters. The van der Waals surface area contributed by atoms with Gasteiger partial charge in [-0.1, -0.05) is 24.3 Å². The highest BCUT2D eigenvalue weighted by Crippen LogP contribution is 2.25. The number of carbonyl (C=O) groups excluding carboxylic acids is 1. The molecule has 0 bridgehead atoms. The van der Waals surface area contributed by atoms with Crippen LogP contribution >= 0.6 is 24.0 Å². The van der Waals surface area contributed by atoms with E-state index in [0.29, 0.717) is 31.9 Å². The van der Waals surface area contributed by atoms with Gasteiger partial charge in [-0.2, -0.15) is 0 Å². The number of ether oxygens (including phenoxy) is 3. The lowest BCUT2D eigenvalue weighted by Gasteiger charge is -2.29. The van der Waals surface area contributed by atoms with Crippen LogP contribution < -0.4 is 10.6 Å².